The van der Waals surface area contributed by atoms with Crippen LogP contribution in [-0.2, 0) is 11.2 Å². The molecule has 1 unspecified atom stereocenters. The molecule has 138 valence electrons. The second-order valence-corrected chi connectivity index (χ2v) is 6.72. The molecule has 2 saturated heterocycles. The molecule has 6 heteroatoms. The van der Waals surface area contributed by atoms with Gasteiger partial charge >= 0.3 is 0 Å². The summed E-state index contributed by atoms with van der Waals surface area (Å²) in [7, 11) is 0. The molecular formula is C19H28ClN3O2. The Morgan fingerprint density at radius 1 is 1.08 bits per heavy atom. The molecule has 5 nitrogen and oxygen atoms in total. The first-order chi connectivity index (χ1) is 11.7. The van der Waals surface area contributed by atoms with E-state index < -0.39 is 0 Å². The molecule has 0 saturated carbocycles. The van der Waals surface area contributed by atoms with Gasteiger partial charge in [-0.2, -0.15) is 0 Å². The van der Waals surface area contributed by atoms with E-state index >= 15 is 0 Å². The lowest BCUT2D eigenvalue weighted by Gasteiger charge is -2.35. The number of piperazine rings is 1. The zero-order valence-corrected chi connectivity index (χ0v) is 15.7. The number of halogens is 1. The third-order valence-electron chi connectivity index (χ3n) is 5.11. The highest BCUT2D eigenvalue weighted by Gasteiger charge is 2.27. The van der Waals surface area contributed by atoms with Crippen molar-refractivity contribution >= 4 is 24.2 Å². The fourth-order valence-electron chi connectivity index (χ4n) is 3.50. The monoisotopic (exact) mass is 365 g/mol. The molecule has 0 spiro atoms. The van der Waals surface area contributed by atoms with Crippen molar-refractivity contribution in [1.29, 1.82) is 0 Å². The average Bonchev–Trinajstić information content (AvgIpc) is 3.14. The van der Waals surface area contributed by atoms with Gasteiger partial charge in [0, 0.05) is 44.2 Å². The number of hydrogen-bond donors (Lipinski definition) is 1. The fourth-order valence-corrected chi connectivity index (χ4v) is 3.50. The molecule has 0 aromatic heterocycles. The first-order valence-electron chi connectivity index (χ1n) is 9.06. The number of benzene rings is 1. The highest BCUT2D eigenvalue weighted by atomic mass is 35.5. The van der Waals surface area contributed by atoms with E-state index in [1.54, 1.807) is 0 Å². The Morgan fingerprint density at radius 2 is 1.72 bits per heavy atom. The quantitative estimate of drug-likeness (QED) is 0.889. The van der Waals surface area contributed by atoms with Crippen LogP contribution in [0.25, 0.3) is 0 Å². The van der Waals surface area contributed by atoms with E-state index in [0.717, 1.165) is 31.4 Å². The number of rotatable bonds is 4. The van der Waals surface area contributed by atoms with Crippen LogP contribution in [0.4, 0.5) is 0 Å². The molecule has 1 aromatic carbocycles. The topological polar surface area (TPSA) is 52.7 Å². The van der Waals surface area contributed by atoms with Crippen molar-refractivity contribution in [2.45, 2.75) is 38.6 Å². The summed E-state index contributed by atoms with van der Waals surface area (Å²) in [6.45, 7) is 5.66. The largest absolute Gasteiger partial charge is 0.339 e. The summed E-state index contributed by atoms with van der Waals surface area (Å²) < 4.78 is 0. The lowest BCUT2D eigenvalue weighted by atomic mass is 10.1. The van der Waals surface area contributed by atoms with Crippen molar-refractivity contribution in [2.24, 2.45) is 0 Å². The third-order valence-corrected chi connectivity index (χ3v) is 5.11. The zero-order chi connectivity index (χ0) is 16.9. The summed E-state index contributed by atoms with van der Waals surface area (Å²) in [5.74, 6) is 0.288. The van der Waals surface area contributed by atoms with Gasteiger partial charge in [0.15, 0.2) is 0 Å². The maximum atomic E-state index is 12.6. The van der Waals surface area contributed by atoms with Gasteiger partial charge in [0.1, 0.15) is 0 Å². The van der Waals surface area contributed by atoms with Crippen LogP contribution in [0.5, 0.6) is 0 Å². The van der Waals surface area contributed by atoms with Crippen LogP contribution in [0.1, 0.15) is 42.1 Å². The van der Waals surface area contributed by atoms with Gasteiger partial charge in [0.2, 0.25) is 5.91 Å². The lowest BCUT2D eigenvalue weighted by Crippen LogP contribution is -2.51. The number of amides is 2. The molecule has 2 aliphatic rings. The van der Waals surface area contributed by atoms with Crippen LogP contribution >= 0.6 is 12.4 Å². The predicted molar refractivity (Wildman–Crippen MR) is 101 cm³/mol. The third kappa shape index (κ3) is 4.95. The minimum Gasteiger partial charge on any atom is -0.339 e. The van der Waals surface area contributed by atoms with Gasteiger partial charge in [-0.15, -0.1) is 12.4 Å². The Hall–Kier alpha value is -1.59. The van der Waals surface area contributed by atoms with E-state index in [2.05, 4.69) is 12.2 Å². The van der Waals surface area contributed by atoms with Crippen LogP contribution in [0.2, 0.25) is 0 Å². The molecule has 1 atom stereocenters. The summed E-state index contributed by atoms with van der Waals surface area (Å²) >= 11 is 0. The first kappa shape index (κ1) is 19.7. The molecule has 2 amide bonds. The van der Waals surface area contributed by atoms with E-state index in [4.69, 9.17) is 0 Å². The molecule has 0 radical (unpaired) electrons. The fraction of sp³-hybridized carbons (Fsp3) is 0.579. The minimum absolute atomic E-state index is 0. The zero-order valence-electron chi connectivity index (χ0n) is 14.9. The van der Waals surface area contributed by atoms with Gasteiger partial charge in [-0.3, -0.25) is 9.59 Å². The standard InChI is InChI=1S/C19H27N3O2.ClH/c1-2-15-5-7-16(8-6-15)19(24)22-12-10-21(11-13-22)18(23)14-17-4-3-9-20-17;/h5-8,17,20H,2-4,9-14H2,1H3;1H. The number of hydrogen-bond acceptors (Lipinski definition) is 3. The van der Waals surface area contributed by atoms with Crippen molar-refractivity contribution in [3.8, 4) is 0 Å². The number of nitrogens with zero attached hydrogens (tertiary/aromatic N) is 2. The molecule has 1 N–H and O–H groups in total. The smallest absolute Gasteiger partial charge is 0.253 e. The molecule has 3 rings (SSSR count). The second kappa shape index (κ2) is 9.20. The van der Waals surface area contributed by atoms with E-state index in [1.165, 1.54) is 5.56 Å². The molecule has 0 aliphatic carbocycles. The van der Waals surface area contributed by atoms with Crippen LogP contribution in [-0.4, -0.2) is 60.4 Å². The summed E-state index contributed by atoms with van der Waals surface area (Å²) in [5, 5.41) is 3.37. The summed E-state index contributed by atoms with van der Waals surface area (Å²) in [4.78, 5) is 28.7. The first-order valence-corrected chi connectivity index (χ1v) is 9.06. The molecule has 25 heavy (non-hydrogen) atoms. The van der Waals surface area contributed by atoms with Crippen molar-refractivity contribution in [2.75, 3.05) is 32.7 Å². The molecule has 2 aliphatic heterocycles. The number of aryl methyl sites for hydroxylation is 1. The molecule has 2 heterocycles. The summed E-state index contributed by atoms with van der Waals surface area (Å²) in [5.41, 5.74) is 1.98. The van der Waals surface area contributed by atoms with Crippen LogP contribution in [0, 0.1) is 0 Å². The Bertz CT molecular complexity index is 577. The number of nitrogens with one attached hydrogen (secondary N) is 1. The van der Waals surface area contributed by atoms with Crippen molar-refractivity contribution < 1.29 is 9.59 Å². The maximum Gasteiger partial charge on any atom is 0.253 e. The van der Waals surface area contributed by atoms with Gasteiger partial charge in [-0.05, 0) is 43.5 Å². The summed E-state index contributed by atoms with van der Waals surface area (Å²) in [6.07, 6.45) is 3.83. The van der Waals surface area contributed by atoms with Gasteiger partial charge < -0.3 is 15.1 Å². The van der Waals surface area contributed by atoms with Gasteiger partial charge in [-0.1, -0.05) is 19.1 Å². The van der Waals surface area contributed by atoms with Crippen molar-refractivity contribution in [1.82, 2.24) is 15.1 Å². The van der Waals surface area contributed by atoms with E-state index in [-0.39, 0.29) is 24.2 Å². The Labute approximate surface area is 156 Å². The summed E-state index contributed by atoms with van der Waals surface area (Å²) in [6, 6.07) is 8.19. The van der Waals surface area contributed by atoms with Crippen LogP contribution < -0.4 is 5.32 Å². The Kier molecular flexibility index (Phi) is 7.26. The lowest BCUT2D eigenvalue weighted by molar-refractivity contribution is -0.133. The van der Waals surface area contributed by atoms with E-state index in [9.17, 15) is 9.59 Å². The van der Waals surface area contributed by atoms with E-state index in [1.807, 2.05) is 34.1 Å². The van der Waals surface area contributed by atoms with Crippen LogP contribution in [0.15, 0.2) is 24.3 Å². The SMILES string of the molecule is CCc1ccc(C(=O)N2CCN(C(=O)CC3CCCN3)CC2)cc1.Cl. The number of carbonyl (C=O) groups excluding carboxylic acids is 2. The molecule has 1 aromatic rings. The number of carbonyl (C=O) groups is 2. The highest BCUT2D eigenvalue weighted by molar-refractivity contribution is 5.94. The Morgan fingerprint density at radius 3 is 2.28 bits per heavy atom. The second-order valence-electron chi connectivity index (χ2n) is 6.72. The van der Waals surface area contributed by atoms with Gasteiger partial charge in [0.05, 0.1) is 0 Å². The minimum atomic E-state index is 0. The average molecular weight is 366 g/mol. The van der Waals surface area contributed by atoms with Crippen molar-refractivity contribution in [3.05, 3.63) is 35.4 Å². The normalized spacial score (nSPS) is 20.3. The molecular weight excluding hydrogens is 338 g/mol. The van der Waals surface area contributed by atoms with Gasteiger partial charge in [0.25, 0.3) is 5.91 Å². The molecule has 2 fully saturated rings. The highest BCUT2D eigenvalue weighted by Crippen LogP contribution is 2.14. The predicted octanol–water partition coefficient (Wildman–Crippen LogP) is 2.10. The van der Waals surface area contributed by atoms with Crippen molar-refractivity contribution in [3.63, 3.8) is 0 Å². The van der Waals surface area contributed by atoms with Gasteiger partial charge in [-0.25, -0.2) is 0 Å². The Balaban J connectivity index is 0.00000225. The van der Waals surface area contributed by atoms with Crippen LogP contribution in [0.3, 0.4) is 0 Å². The maximum absolute atomic E-state index is 12.6. The molecule has 0 bridgehead atoms. The van der Waals surface area contributed by atoms with E-state index in [0.29, 0.717) is 38.6 Å².